The summed E-state index contributed by atoms with van der Waals surface area (Å²) in [5.41, 5.74) is 0.374. The number of halogens is 3. The van der Waals surface area contributed by atoms with Gasteiger partial charge in [0.1, 0.15) is 10.7 Å². The van der Waals surface area contributed by atoms with Crippen molar-refractivity contribution in [2.75, 3.05) is 25.0 Å². The molecule has 1 fully saturated rings. The van der Waals surface area contributed by atoms with Crippen LogP contribution in [-0.4, -0.2) is 44.3 Å². The van der Waals surface area contributed by atoms with Crippen LogP contribution in [0, 0.1) is 11.7 Å². The van der Waals surface area contributed by atoms with Crippen LogP contribution >= 0.6 is 23.2 Å². The number of rotatable bonds is 6. The Balaban J connectivity index is 1.51. The lowest BCUT2D eigenvalue weighted by molar-refractivity contribution is -0.152. The molecule has 0 spiro atoms. The molecule has 0 saturated carbocycles. The average molecular weight is 489 g/mol. The summed E-state index contributed by atoms with van der Waals surface area (Å²) in [4.78, 5) is 24.0. The molecule has 166 valence electrons. The lowest BCUT2D eigenvalue weighted by Gasteiger charge is -2.30. The molecule has 11 heteroatoms. The number of nitrogens with zero attached hydrogens (tertiary/aromatic N) is 1. The first-order valence-electron chi connectivity index (χ1n) is 9.34. The molecule has 1 aliphatic heterocycles. The van der Waals surface area contributed by atoms with Crippen LogP contribution in [0.4, 0.5) is 10.1 Å². The molecule has 0 unspecified atom stereocenters. The van der Waals surface area contributed by atoms with Gasteiger partial charge in [-0.1, -0.05) is 29.3 Å². The topological polar surface area (TPSA) is 92.8 Å². The van der Waals surface area contributed by atoms with Gasteiger partial charge in [0.05, 0.1) is 16.0 Å². The average Bonchev–Trinajstić information content (AvgIpc) is 2.73. The molecule has 1 saturated heterocycles. The van der Waals surface area contributed by atoms with Crippen molar-refractivity contribution in [3.63, 3.8) is 0 Å². The lowest BCUT2D eigenvalue weighted by Crippen LogP contribution is -2.41. The molecule has 1 N–H and O–H groups in total. The highest BCUT2D eigenvalue weighted by molar-refractivity contribution is 7.89. The van der Waals surface area contributed by atoms with Crippen LogP contribution in [0.1, 0.15) is 12.8 Å². The number of esters is 1. The fourth-order valence-electron chi connectivity index (χ4n) is 3.17. The van der Waals surface area contributed by atoms with Crippen LogP contribution in [0.3, 0.4) is 0 Å². The van der Waals surface area contributed by atoms with Gasteiger partial charge in [0, 0.05) is 18.8 Å². The van der Waals surface area contributed by atoms with Crippen molar-refractivity contribution >= 4 is 50.8 Å². The zero-order valence-corrected chi connectivity index (χ0v) is 18.5. The monoisotopic (exact) mass is 488 g/mol. The first-order chi connectivity index (χ1) is 14.7. The smallest absolute Gasteiger partial charge is 0.309 e. The van der Waals surface area contributed by atoms with E-state index in [0.29, 0.717) is 5.69 Å². The SMILES string of the molecule is O=C(COC(=O)C1CCN(S(=O)(=O)c2c(Cl)cccc2Cl)CC1)Nc1ccc(F)cc1. The molecule has 1 heterocycles. The highest BCUT2D eigenvalue weighted by Gasteiger charge is 2.35. The molecule has 0 aromatic heterocycles. The van der Waals surface area contributed by atoms with E-state index in [-0.39, 0.29) is 40.9 Å². The van der Waals surface area contributed by atoms with Crippen LogP contribution in [-0.2, 0) is 24.3 Å². The molecule has 0 aliphatic carbocycles. The van der Waals surface area contributed by atoms with Crippen molar-refractivity contribution in [2.24, 2.45) is 5.92 Å². The predicted molar refractivity (Wildman–Crippen MR) is 114 cm³/mol. The number of nitrogens with one attached hydrogen (secondary N) is 1. The first-order valence-corrected chi connectivity index (χ1v) is 11.5. The summed E-state index contributed by atoms with van der Waals surface area (Å²) in [6.07, 6.45) is 0.472. The van der Waals surface area contributed by atoms with E-state index in [1.54, 1.807) is 6.07 Å². The summed E-state index contributed by atoms with van der Waals surface area (Å²) < 4.78 is 44.9. The second-order valence-electron chi connectivity index (χ2n) is 6.89. The zero-order chi connectivity index (χ0) is 22.6. The lowest BCUT2D eigenvalue weighted by atomic mass is 9.98. The minimum atomic E-state index is -3.91. The number of piperidine rings is 1. The fraction of sp³-hybridized carbons (Fsp3) is 0.300. The molecule has 7 nitrogen and oxygen atoms in total. The maximum Gasteiger partial charge on any atom is 0.309 e. The molecule has 31 heavy (non-hydrogen) atoms. The Morgan fingerprint density at radius 2 is 1.65 bits per heavy atom. The Labute approximate surface area is 189 Å². The van der Waals surface area contributed by atoms with Gasteiger partial charge in [-0.05, 0) is 49.2 Å². The minimum Gasteiger partial charge on any atom is -0.455 e. The number of hydrogen-bond acceptors (Lipinski definition) is 5. The number of hydrogen-bond donors (Lipinski definition) is 1. The molecular formula is C20H19Cl2FN2O5S. The summed E-state index contributed by atoms with van der Waals surface area (Å²) in [5, 5.41) is 2.55. The van der Waals surface area contributed by atoms with Crippen molar-refractivity contribution < 1.29 is 27.1 Å². The number of anilines is 1. The minimum absolute atomic E-state index is 0.0289. The van der Waals surface area contributed by atoms with E-state index in [2.05, 4.69) is 5.32 Å². The maximum atomic E-state index is 12.9. The highest BCUT2D eigenvalue weighted by atomic mass is 35.5. The van der Waals surface area contributed by atoms with Gasteiger partial charge in [-0.3, -0.25) is 9.59 Å². The number of amides is 1. The van der Waals surface area contributed by atoms with E-state index >= 15 is 0 Å². The maximum absolute atomic E-state index is 12.9. The Morgan fingerprint density at radius 3 is 2.23 bits per heavy atom. The standard InChI is InChI=1S/C20H19Cl2FN2O5S/c21-16-2-1-3-17(22)19(16)31(28,29)25-10-8-13(9-11-25)20(27)30-12-18(26)24-15-6-4-14(23)5-7-15/h1-7,13H,8-12H2,(H,24,26). The van der Waals surface area contributed by atoms with E-state index in [1.165, 1.54) is 40.7 Å². The van der Waals surface area contributed by atoms with Gasteiger partial charge >= 0.3 is 5.97 Å². The van der Waals surface area contributed by atoms with E-state index < -0.39 is 40.2 Å². The van der Waals surface area contributed by atoms with Crippen LogP contribution in [0.15, 0.2) is 47.4 Å². The molecule has 2 aromatic carbocycles. The second kappa shape index (κ2) is 9.95. The number of benzene rings is 2. The Bertz CT molecular complexity index is 1050. The van der Waals surface area contributed by atoms with Crippen molar-refractivity contribution in [1.82, 2.24) is 4.31 Å². The quantitative estimate of drug-likeness (QED) is 0.625. The van der Waals surface area contributed by atoms with Crippen LogP contribution in [0.5, 0.6) is 0 Å². The zero-order valence-electron chi connectivity index (χ0n) is 16.2. The highest BCUT2D eigenvalue weighted by Crippen LogP contribution is 2.33. The van der Waals surface area contributed by atoms with Gasteiger partial charge in [0.2, 0.25) is 10.0 Å². The van der Waals surface area contributed by atoms with E-state index in [1.807, 2.05) is 0 Å². The van der Waals surface area contributed by atoms with E-state index in [4.69, 9.17) is 27.9 Å². The third kappa shape index (κ3) is 5.74. The Hall–Kier alpha value is -2.20. The molecular weight excluding hydrogens is 470 g/mol. The summed E-state index contributed by atoms with van der Waals surface area (Å²) in [7, 11) is -3.91. The summed E-state index contributed by atoms with van der Waals surface area (Å²) >= 11 is 12.1. The number of carbonyl (C=O) groups is 2. The number of carbonyl (C=O) groups excluding carboxylic acids is 2. The molecule has 1 aliphatic rings. The van der Waals surface area contributed by atoms with Gasteiger partial charge in [-0.2, -0.15) is 4.31 Å². The second-order valence-corrected chi connectivity index (χ2v) is 9.58. The molecule has 3 rings (SSSR count). The van der Waals surface area contributed by atoms with Gasteiger partial charge in [0.15, 0.2) is 6.61 Å². The molecule has 2 aromatic rings. The molecule has 0 atom stereocenters. The van der Waals surface area contributed by atoms with Crippen LogP contribution < -0.4 is 5.32 Å². The van der Waals surface area contributed by atoms with Gasteiger partial charge < -0.3 is 10.1 Å². The number of sulfonamides is 1. The van der Waals surface area contributed by atoms with Gasteiger partial charge in [-0.25, -0.2) is 12.8 Å². The first kappa shape index (κ1) is 23.5. The summed E-state index contributed by atoms with van der Waals surface area (Å²) in [5.74, 6) is -2.11. The normalized spacial score (nSPS) is 15.5. The Kier molecular flexibility index (Phi) is 7.53. The Morgan fingerprint density at radius 1 is 1.06 bits per heavy atom. The molecule has 0 bridgehead atoms. The summed E-state index contributed by atoms with van der Waals surface area (Å²) in [6.45, 7) is -0.319. The predicted octanol–water partition coefficient (Wildman–Crippen LogP) is 3.72. The van der Waals surface area contributed by atoms with Crippen LogP contribution in [0.2, 0.25) is 10.0 Å². The number of ether oxygens (including phenoxy) is 1. The third-order valence-corrected chi connectivity index (χ3v) is 7.63. The van der Waals surface area contributed by atoms with E-state index in [0.717, 1.165) is 0 Å². The summed E-state index contributed by atoms with van der Waals surface area (Å²) in [6, 6.07) is 9.60. The largest absolute Gasteiger partial charge is 0.455 e. The van der Waals surface area contributed by atoms with Crippen molar-refractivity contribution in [2.45, 2.75) is 17.7 Å². The van der Waals surface area contributed by atoms with Gasteiger partial charge in [-0.15, -0.1) is 0 Å². The fourth-order valence-corrected chi connectivity index (χ4v) is 5.74. The molecule has 1 amide bonds. The third-order valence-electron chi connectivity index (χ3n) is 4.78. The van der Waals surface area contributed by atoms with Crippen molar-refractivity contribution in [3.05, 3.63) is 58.3 Å². The van der Waals surface area contributed by atoms with Crippen molar-refractivity contribution in [3.8, 4) is 0 Å². The molecule has 0 radical (unpaired) electrons. The van der Waals surface area contributed by atoms with E-state index in [9.17, 15) is 22.4 Å². The van der Waals surface area contributed by atoms with Crippen LogP contribution in [0.25, 0.3) is 0 Å². The van der Waals surface area contributed by atoms with Crippen molar-refractivity contribution in [1.29, 1.82) is 0 Å². The van der Waals surface area contributed by atoms with Gasteiger partial charge in [0.25, 0.3) is 5.91 Å².